The van der Waals surface area contributed by atoms with E-state index < -0.39 is 5.82 Å². The minimum absolute atomic E-state index is 0.0596. The van der Waals surface area contributed by atoms with E-state index in [1.807, 2.05) is 25.3 Å². The highest BCUT2D eigenvalue weighted by atomic mass is 32.1. The highest BCUT2D eigenvalue weighted by Crippen LogP contribution is 2.43. The molecule has 3 nitrogen and oxygen atoms in total. The molecule has 0 amide bonds. The van der Waals surface area contributed by atoms with Crippen LogP contribution in [0.4, 0.5) is 4.39 Å². The molecule has 1 saturated carbocycles. The number of carbonyl (C=O) groups is 1. The Hall–Kier alpha value is -2.32. The first-order valence-electron chi connectivity index (χ1n) is 10.2. The molecule has 0 bridgehead atoms. The Morgan fingerprint density at radius 2 is 1.93 bits per heavy atom. The summed E-state index contributed by atoms with van der Waals surface area (Å²) in [6.07, 6.45) is 4.77. The highest BCUT2D eigenvalue weighted by molar-refractivity contribution is 7.10. The minimum Gasteiger partial charge on any atom is -0.313 e. The highest BCUT2D eigenvalue weighted by Gasteiger charge is 2.35. The fourth-order valence-electron chi connectivity index (χ4n) is 3.60. The Bertz CT molecular complexity index is 849. The fourth-order valence-corrected chi connectivity index (χ4v) is 4.63. The number of nitrogens with one attached hydrogen (secondary N) is 1. The molecule has 0 aliphatic heterocycles. The molecular formula is C24H31FN2OS. The van der Waals surface area contributed by atoms with Gasteiger partial charge in [-0.1, -0.05) is 33.3 Å². The second-order valence-electron chi connectivity index (χ2n) is 6.95. The fraction of sp³-hybridized carbons (Fsp3) is 0.458. The molecule has 2 aromatic rings. The van der Waals surface area contributed by atoms with E-state index >= 15 is 0 Å². The maximum atomic E-state index is 13.5. The van der Waals surface area contributed by atoms with E-state index in [4.69, 9.17) is 10.7 Å². The summed E-state index contributed by atoms with van der Waals surface area (Å²) < 4.78 is 13.5. The van der Waals surface area contributed by atoms with Crippen LogP contribution in [0.1, 0.15) is 70.2 Å². The van der Waals surface area contributed by atoms with Crippen LogP contribution in [0.2, 0.25) is 0 Å². The summed E-state index contributed by atoms with van der Waals surface area (Å²) in [5.74, 6) is 0.581. The van der Waals surface area contributed by atoms with E-state index in [2.05, 4.69) is 13.0 Å². The zero-order valence-electron chi connectivity index (χ0n) is 18.0. The Morgan fingerprint density at radius 3 is 2.41 bits per heavy atom. The van der Waals surface area contributed by atoms with Crippen molar-refractivity contribution < 1.29 is 9.18 Å². The topological polar surface area (TPSA) is 64.7 Å². The molecule has 1 N–H and O–H groups in total. The zero-order chi connectivity index (χ0) is 22.0. The third-order valence-electron chi connectivity index (χ3n) is 5.15. The lowest BCUT2D eigenvalue weighted by Crippen LogP contribution is -2.31. The van der Waals surface area contributed by atoms with Crippen molar-refractivity contribution >= 4 is 23.3 Å². The van der Waals surface area contributed by atoms with Crippen LogP contribution in [-0.4, -0.2) is 12.0 Å². The van der Waals surface area contributed by atoms with E-state index in [0.717, 1.165) is 24.0 Å². The predicted molar refractivity (Wildman–Crippen MR) is 120 cm³/mol. The zero-order valence-corrected chi connectivity index (χ0v) is 18.8. The maximum absolute atomic E-state index is 13.5. The standard InChI is InChI=1S/C20H20FNOS.C2H5N.C2H6/c1-12(20(13(2)23)14-4-3-5-14)19-9-17(11-24-19)15-6-7-18(21)16(8-15)10-22;1-2-3;1-2/h6-9,11-12,14,20H,3-5H2,1-2H3;2-3H,1H3;1-2H3. The molecule has 5 heteroatoms. The van der Waals surface area contributed by atoms with Crippen LogP contribution in [0.25, 0.3) is 11.1 Å². The van der Waals surface area contributed by atoms with Gasteiger partial charge in [0.05, 0.1) is 5.56 Å². The predicted octanol–water partition coefficient (Wildman–Crippen LogP) is 7.22. The molecule has 1 aromatic heterocycles. The number of thiophene rings is 1. The number of benzene rings is 1. The van der Waals surface area contributed by atoms with E-state index in [9.17, 15) is 9.18 Å². The molecule has 1 aliphatic rings. The number of hydrogen-bond donors (Lipinski definition) is 1. The summed E-state index contributed by atoms with van der Waals surface area (Å²) in [6.45, 7) is 9.50. The number of nitriles is 1. The first-order valence-corrected chi connectivity index (χ1v) is 11.0. The van der Waals surface area contributed by atoms with Gasteiger partial charge in [0, 0.05) is 16.7 Å². The molecule has 1 aromatic carbocycles. The van der Waals surface area contributed by atoms with E-state index in [1.54, 1.807) is 37.3 Å². The normalized spacial score (nSPS) is 14.7. The first-order chi connectivity index (χ1) is 13.9. The quantitative estimate of drug-likeness (QED) is 0.525. The van der Waals surface area contributed by atoms with Gasteiger partial charge in [-0.05, 0) is 73.5 Å². The monoisotopic (exact) mass is 414 g/mol. The van der Waals surface area contributed by atoms with Crippen molar-refractivity contribution in [2.75, 3.05) is 0 Å². The van der Waals surface area contributed by atoms with Crippen molar-refractivity contribution in [3.63, 3.8) is 0 Å². The number of rotatable bonds is 5. The van der Waals surface area contributed by atoms with Crippen LogP contribution in [0.5, 0.6) is 0 Å². The molecule has 3 rings (SSSR count). The van der Waals surface area contributed by atoms with Gasteiger partial charge in [0.2, 0.25) is 0 Å². The smallest absolute Gasteiger partial charge is 0.140 e. The van der Waals surface area contributed by atoms with Crippen molar-refractivity contribution in [2.24, 2.45) is 11.8 Å². The van der Waals surface area contributed by atoms with Gasteiger partial charge < -0.3 is 5.41 Å². The molecule has 29 heavy (non-hydrogen) atoms. The summed E-state index contributed by atoms with van der Waals surface area (Å²) in [6, 6.07) is 8.58. The van der Waals surface area contributed by atoms with Gasteiger partial charge in [0.25, 0.3) is 0 Å². The van der Waals surface area contributed by atoms with Gasteiger partial charge in [0.1, 0.15) is 17.7 Å². The maximum Gasteiger partial charge on any atom is 0.140 e. The SMILES string of the molecule is CC.CC(=O)C(C1CCC1)C(C)c1cc(-c2ccc(F)c(C#N)c2)cs1.CC=N. The second kappa shape index (κ2) is 12.3. The van der Waals surface area contributed by atoms with Gasteiger partial charge in [0.15, 0.2) is 0 Å². The van der Waals surface area contributed by atoms with E-state index in [1.165, 1.54) is 23.6 Å². The van der Waals surface area contributed by atoms with Crippen molar-refractivity contribution in [1.29, 1.82) is 10.7 Å². The number of ketones is 1. The van der Waals surface area contributed by atoms with Crippen molar-refractivity contribution in [1.82, 2.24) is 0 Å². The lowest BCUT2D eigenvalue weighted by atomic mass is 9.69. The minimum atomic E-state index is -0.494. The number of carbonyl (C=O) groups excluding carboxylic acids is 1. The summed E-state index contributed by atoms with van der Waals surface area (Å²) in [5.41, 5.74) is 1.88. The molecule has 0 saturated heterocycles. The van der Waals surface area contributed by atoms with Gasteiger partial charge in [-0.3, -0.25) is 4.79 Å². The van der Waals surface area contributed by atoms with E-state index in [0.29, 0.717) is 5.92 Å². The lowest BCUT2D eigenvalue weighted by molar-refractivity contribution is -0.124. The van der Waals surface area contributed by atoms with Crippen LogP contribution in [0, 0.1) is 34.4 Å². The van der Waals surface area contributed by atoms with Gasteiger partial charge in [-0.2, -0.15) is 5.26 Å². The first kappa shape index (κ1) is 24.7. The van der Waals surface area contributed by atoms with Crippen LogP contribution < -0.4 is 0 Å². The number of halogens is 1. The molecular weight excluding hydrogens is 383 g/mol. The molecule has 0 spiro atoms. The molecule has 156 valence electrons. The Balaban J connectivity index is 0.000000771. The van der Waals surface area contributed by atoms with Crippen LogP contribution in [0.15, 0.2) is 29.6 Å². The third kappa shape index (κ3) is 6.33. The number of nitrogens with zero attached hydrogens (tertiary/aromatic N) is 1. The Labute approximate surface area is 178 Å². The average molecular weight is 415 g/mol. The summed E-state index contributed by atoms with van der Waals surface area (Å²) >= 11 is 1.64. The van der Waals surface area contributed by atoms with Crippen molar-refractivity contribution in [3.05, 3.63) is 45.9 Å². The van der Waals surface area contributed by atoms with Crippen LogP contribution in [-0.2, 0) is 4.79 Å². The molecule has 1 fully saturated rings. The Morgan fingerprint density at radius 1 is 1.31 bits per heavy atom. The van der Waals surface area contributed by atoms with Crippen molar-refractivity contribution in [2.45, 2.75) is 59.8 Å². The van der Waals surface area contributed by atoms with Crippen LogP contribution >= 0.6 is 11.3 Å². The molecule has 2 atom stereocenters. The number of hydrogen-bond acceptors (Lipinski definition) is 4. The molecule has 0 radical (unpaired) electrons. The van der Waals surface area contributed by atoms with Gasteiger partial charge in [-0.15, -0.1) is 11.3 Å². The largest absolute Gasteiger partial charge is 0.313 e. The summed E-state index contributed by atoms with van der Waals surface area (Å²) in [7, 11) is 0. The third-order valence-corrected chi connectivity index (χ3v) is 6.29. The summed E-state index contributed by atoms with van der Waals surface area (Å²) in [5, 5.41) is 17.1. The van der Waals surface area contributed by atoms with Gasteiger partial charge >= 0.3 is 0 Å². The second-order valence-corrected chi connectivity index (χ2v) is 7.89. The van der Waals surface area contributed by atoms with Gasteiger partial charge in [-0.25, -0.2) is 4.39 Å². The lowest BCUT2D eigenvalue weighted by Gasteiger charge is -2.35. The van der Waals surface area contributed by atoms with E-state index in [-0.39, 0.29) is 23.2 Å². The van der Waals surface area contributed by atoms with Crippen LogP contribution in [0.3, 0.4) is 0 Å². The Kier molecular flexibility index (Phi) is 10.5. The average Bonchev–Trinajstić information content (AvgIpc) is 3.16. The number of Topliss-reactive ketones (excluding diaryl/α,β-unsaturated/α-hetero) is 1. The molecule has 1 heterocycles. The summed E-state index contributed by atoms with van der Waals surface area (Å²) in [4.78, 5) is 13.3. The van der Waals surface area contributed by atoms with Crippen molar-refractivity contribution in [3.8, 4) is 17.2 Å². The molecule has 2 unspecified atom stereocenters. The molecule has 1 aliphatic carbocycles.